The summed E-state index contributed by atoms with van der Waals surface area (Å²) in [7, 11) is 0. The normalized spacial score (nSPS) is 21.3. The Morgan fingerprint density at radius 3 is 2.45 bits per heavy atom. The molecule has 1 saturated carbocycles. The number of amides is 1. The van der Waals surface area contributed by atoms with Crippen LogP contribution < -0.4 is 4.74 Å². The minimum Gasteiger partial charge on any atom is -0.483 e. The van der Waals surface area contributed by atoms with Crippen LogP contribution in [0.5, 0.6) is 5.75 Å². The first-order valence-electron chi connectivity index (χ1n) is 10.1. The average Bonchev–Trinajstić information content (AvgIpc) is 3.04. The number of aliphatic hydroxyl groups is 1. The number of rotatable bonds is 6. The van der Waals surface area contributed by atoms with Crippen molar-refractivity contribution in [1.29, 1.82) is 0 Å². The Morgan fingerprint density at radius 2 is 1.76 bits per heavy atom. The van der Waals surface area contributed by atoms with E-state index >= 15 is 0 Å². The minimum absolute atomic E-state index is 0.0273. The van der Waals surface area contributed by atoms with E-state index in [1.54, 1.807) is 4.90 Å². The summed E-state index contributed by atoms with van der Waals surface area (Å²) in [6.07, 6.45) is 3.76. The highest BCUT2D eigenvalue weighted by molar-refractivity contribution is 5.99. The second-order valence-corrected chi connectivity index (χ2v) is 8.06. The fourth-order valence-corrected chi connectivity index (χ4v) is 4.36. The second kappa shape index (κ2) is 8.49. The quantitative estimate of drug-likeness (QED) is 0.785. The number of aliphatic hydroxyl groups excluding tert-OH is 1. The van der Waals surface area contributed by atoms with Gasteiger partial charge in [-0.1, -0.05) is 30.3 Å². The maximum absolute atomic E-state index is 15.0. The summed E-state index contributed by atoms with van der Waals surface area (Å²) in [5.41, 5.74) is 1.10. The summed E-state index contributed by atoms with van der Waals surface area (Å²) >= 11 is 0. The molecule has 0 saturated heterocycles. The Kier molecular flexibility index (Phi) is 5.81. The maximum atomic E-state index is 15.0. The van der Waals surface area contributed by atoms with E-state index in [0.717, 1.165) is 31.2 Å². The maximum Gasteiger partial charge on any atom is 0.257 e. The van der Waals surface area contributed by atoms with E-state index in [4.69, 9.17) is 4.74 Å². The topological polar surface area (TPSA) is 49.8 Å². The number of carbonyl (C=O) groups is 1. The molecule has 1 fully saturated rings. The third-order valence-corrected chi connectivity index (χ3v) is 6.05. The van der Waals surface area contributed by atoms with Gasteiger partial charge in [-0.15, -0.1) is 0 Å². The van der Waals surface area contributed by atoms with Crippen LogP contribution in [0.3, 0.4) is 0 Å². The van der Waals surface area contributed by atoms with Gasteiger partial charge in [-0.05, 0) is 54.7 Å². The zero-order valence-corrected chi connectivity index (χ0v) is 16.2. The minimum atomic E-state index is -0.910. The van der Waals surface area contributed by atoms with Gasteiger partial charge in [-0.25, -0.2) is 8.78 Å². The van der Waals surface area contributed by atoms with Gasteiger partial charge in [0, 0.05) is 19.7 Å². The number of carbonyl (C=O) groups excluding carboxylic acids is 1. The molecule has 1 aliphatic carbocycles. The summed E-state index contributed by atoms with van der Waals surface area (Å²) in [5.74, 6) is -1.91. The molecule has 4 nitrogen and oxygen atoms in total. The van der Waals surface area contributed by atoms with E-state index < -0.39 is 23.3 Å². The fraction of sp³-hybridized carbons (Fsp3) is 0.435. The van der Waals surface area contributed by atoms with Gasteiger partial charge in [0.05, 0.1) is 5.56 Å². The van der Waals surface area contributed by atoms with Gasteiger partial charge in [0.15, 0.2) is 17.4 Å². The number of hydrogen-bond acceptors (Lipinski definition) is 3. The Morgan fingerprint density at radius 1 is 1.07 bits per heavy atom. The molecule has 2 aromatic carbocycles. The van der Waals surface area contributed by atoms with Crippen molar-refractivity contribution in [3.63, 3.8) is 0 Å². The van der Waals surface area contributed by atoms with Crippen molar-refractivity contribution in [3.05, 3.63) is 64.7 Å². The molecule has 6 heteroatoms. The molecular formula is C23H25F2NO3. The summed E-state index contributed by atoms with van der Waals surface area (Å²) in [5, 5.41) is 9.27. The second-order valence-electron chi connectivity index (χ2n) is 8.06. The zero-order valence-electron chi connectivity index (χ0n) is 16.2. The first-order chi connectivity index (χ1) is 14.1. The molecular weight excluding hydrogens is 376 g/mol. The lowest BCUT2D eigenvalue weighted by Crippen LogP contribution is -2.32. The van der Waals surface area contributed by atoms with Gasteiger partial charge in [0.25, 0.3) is 5.91 Å². The van der Waals surface area contributed by atoms with Crippen molar-refractivity contribution >= 4 is 5.91 Å². The molecule has 29 heavy (non-hydrogen) atoms. The lowest BCUT2D eigenvalue weighted by atomic mass is 9.82. The van der Waals surface area contributed by atoms with Gasteiger partial charge >= 0.3 is 0 Å². The van der Waals surface area contributed by atoms with E-state index in [0.29, 0.717) is 23.9 Å². The summed E-state index contributed by atoms with van der Waals surface area (Å²) in [6, 6.07) is 10.3. The van der Waals surface area contributed by atoms with Crippen LogP contribution >= 0.6 is 0 Å². The van der Waals surface area contributed by atoms with Crippen LogP contribution in [0.2, 0.25) is 0 Å². The number of benzene rings is 2. The molecule has 1 N–H and O–H groups in total. The SMILES string of the molecule is O=C1c2c(cc(F)c(OCc3ccccc3)c2F)CN1CC1CCC(CO)CC1. The number of nitrogens with zero attached hydrogens (tertiary/aromatic N) is 1. The van der Waals surface area contributed by atoms with Crippen LogP contribution in [-0.2, 0) is 13.2 Å². The van der Waals surface area contributed by atoms with Crippen molar-refractivity contribution < 1.29 is 23.4 Å². The largest absolute Gasteiger partial charge is 0.483 e. The van der Waals surface area contributed by atoms with Gasteiger partial charge in [-0.3, -0.25) is 4.79 Å². The van der Waals surface area contributed by atoms with Crippen molar-refractivity contribution in [3.8, 4) is 5.75 Å². The number of hydrogen-bond donors (Lipinski definition) is 1. The predicted octanol–water partition coefficient (Wildman–Crippen LogP) is 4.30. The molecule has 0 aromatic heterocycles. The van der Waals surface area contributed by atoms with Crippen LogP contribution in [0, 0.1) is 23.5 Å². The first-order valence-corrected chi connectivity index (χ1v) is 10.1. The van der Waals surface area contributed by atoms with Crippen LogP contribution in [0.15, 0.2) is 36.4 Å². The lowest BCUT2D eigenvalue weighted by molar-refractivity contribution is 0.0714. The van der Waals surface area contributed by atoms with Gasteiger partial charge in [-0.2, -0.15) is 0 Å². The molecule has 4 rings (SSSR count). The van der Waals surface area contributed by atoms with Crippen LogP contribution in [-0.4, -0.2) is 29.1 Å². The van der Waals surface area contributed by atoms with Crippen LogP contribution in [0.4, 0.5) is 8.78 Å². The summed E-state index contributed by atoms with van der Waals surface area (Å²) in [6.45, 7) is 0.990. The lowest BCUT2D eigenvalue weighted by Gasteiger charge is -2.30. The molecule has 1 heterocycles. The molecule has 0 unspecified atom stereocenters. The molecule has 2 aliphatic rings. The highest BCUT2D eigenvalue weighted by atomic mass is 19.1. The molecule has 0 atom stereocenters. The monoisotopic (exact) mass is 401 g/mol. The standard InChI is InChI=1S/C23H25F2NO3/c24-19-10-18-12-26(11-15-6-8-16(13-27)9-7-15)23(28)20(18)21(25)22(19)29-14-17-4-2-1-3-5-17/h1-5,10,15-16,27H,6-9,11-14H2. The molecule has 154 valence electrons. The van der Waals surface area contributed by atoms with E-state index in [1.165, 1.54) is 6.07 Å². The summed E-state index contributed by atoms with van der Waals surface area (Å²) in [4.78, 5) is 14.4. The third-order valence-electron chi connectivity index (χ3n) is 6.05. The Balaban J connectivity index is 1.47. The Labute approximate surface area is 169 Å². The Hall–Kier alpha value is -2.47. The third kappa shape index (κ3) is 4.13. The molecule has 0 radical (unpaired) electrons. The van der Waals surface area contributed by atoms with Crippen molar-refractivity contribution in [1.82, 2.24) is 4.90 Å². The fourth-order valence-electron chi connectivity index (χ4n) is 4.36. The van der Waals surface area contributed by atoms with E-state index in [2.05, 4.69) is 0 Å². The first kappa shape index (κ1) is 19.8. The zero-order chi connectivity index (χ0) is 20.4. The molecule has 0 bridgehead atoms. The highest BCUT2D eigenvalue weighted by Gasteiger charge is 2.35. The van der Waals surface area contributed by atoms with E-state index in [1.807, 2.05) is 30.3 Å². The van der Waals surface area contributed by atoms with Gasteiger partial charge < -0.3 is 14.7 Å². The Bertz CT molecular complexity index is 879. The smallest absolute Gasteiger partial charge is 0.257 e. The van der Waals surface area contributed by atoms with Gasteiger partial charge in [0.1, 0.15) is 6.61 Å². The number of fused-ring (bicyclic) bond motifs is 1. The van der Waals surface area contributed by atoms with Crippen molar-refractivity contribution in [2.24, 2.45) is 11.8 Å². The molecule has 2 aromatic rings. The van der Waals surface area contributed by atoms with E-state index in [9.17, 15) is 18.7 Å². The molecule has 0 spiro atoms. The van der Waals surface area contributed by atoms with Gasteiger partial charge in [0.2, 0.25) is 0 Å². The van der Waals surface area contributed by atoms with Crippen molar-refractivity contribution in [2.45, 2.75) is 38.8 Å². The summed E-state index contributed by atoms with van der Waals surface area (Å²) < 4.78 is 34.9. The van der Waals surface area contributed by atoms with Crippen LogP contribution in [0.1, 0.15) is 47.2 Å². The van der Waals surface area contributed by atoms with Crippen LogP contribution in [0.25, 0.3) is 0 Å². The van der Waals surface area contributed by atoms with Crippen molar-refractivity contribution in [2.75, 3.05) is 13.2 Å². The average molecular weight is 401 g/mol. The molecule has 1 amide bonds. The number of halogens is 2. The molecule has 1 aliphatic heterocycles. The predicted molar refractivity (Wildman–Crippen MR) is 104 cm³/mol. The highest BCUT2D eigenvalue weighted by Crippen LogP contribution is 2.36. The number of ether oxygens (including phenoxy) is 1. The van der Waals surface area contributed by atoms with E-state index in [-0.39, 0.29) is 25.3 Å².